The summed E-state index contributed by atoms with van der Waals surface area (Å²) in [7, 11) is 0. The number of benzene rings is 1. The van der Waals surface area contributed by atoms with Crippen molar-refractivity contribution in [3.8, 4) is 5.69 Å². The fourth-order valence-corrected chi connectivity index (χ4v) is 4.35. The maximum atomic E-state index is 13.0. The number of piperidine rings is 1. The Hall–Kier alpha value is -2.48. The molecule has 0 spiro atoms. The predicted molar refractivity (Wildman–Crippen MR) is 112 cm³/mol. The minimum atomic E-state index is -0.392. The van der Waals surface area contributed by atoms with Crippen molar-refractivity contribution in [2.45, 2.75) is 65.1 Å². The molecule has 9 heteroatoms. The Morgan fingerprint density at radius 3 is 2.77 bits per heavy atom. The van der Waals surface area contributed by atoms with E-state index in [-0.39, 0.29) is 29.8 Å². The molecule has 4 rings (SSSR count). The van der Waals surface area contributed by atoms with Gasteiger partial charge in [0.2, 0.25) is 11.8 Å². The van der Waals surface area contributed by atoms with Crippen LogP contribution in [-0.2, 0) is 16.1 Å². The van der Waals surface area contributed by atoms with Crippen molar-refractivity contribution in [3.63, 3.8) is 0 Å². The van der Waals surface area contributed by atoms with Crippen molar-refractivity contribution in [1.29, 1.82) is 0 Å². The van der Waals surface area contributed by atoms with Crippen LogP contribution in [0.15, 0.2) is 24.5 Å². The Kier molecular flexibility index (Phi) is 5.53. The summed E-state index contributed by atoms with van der Waals surface area (Å²) in [6, 6.07) is 5.20. The Bertz CT molecular complexity index is 939. The number of fused-ring (bicyclic) bond motifs is 1. The molecule has 1 aliphatic carbocycles. The molecule has 1 aliphatic heterocycles. The van der Waals surface area contributed by atoms with E-state index in [1.807, 2.05) is 11.0 Å². The Morgan fingerprint density at radius 2 is 2.07 bits per heavy atom. The Labute approximate surface area is 181 Å². The molecule has 8 nitrogen and oxygen atoms in total. The highest BCUT2D eigenvalue weighted by Crippen LogP contribution is 2.48. The van der Waals surface area contributed by atoms with Crippen molar-refractivity contribution in [3.05, 3.63) is 35.1 Å². The second kappa shape index (κ2) is 7.98. The van der Waals surface area contributed by atoms with Crippen molar-refractivity contribution >= 4 is 23.4 Å². The van der Waals surface area contributed by atoms with Crippen LogP contribution in [0.3, 0.4) is 0 Å². The first-order valence-electron chi connectivity index (χ1n) is 10.3. The maximum absolute atomic E-state index is 13.0. The molecule has 1 aromatic carbocycles. The largest absolute Gasteiger partial charge is 0.350 e. The lowest BCUT2D eigenvalue weighted by Gasteiger charge is -2.28. The average molecular weight is 431 g/mol. The van der Waals surface area contributed by atoms with Gasteiger partial charge in [-0.2, -0.15) is 0 Å². The van der Waals surface area contributed by atoms with Gasteiger partial charge in [0.25, 0.3) is 0 Å². The number of nitrogens with one attached hydrogen (secondary N) is 1. The summed E-state index contributed by atoms with van der Waals surface area (Å²) in [6.45, 7) is 6.66. The van der Waals surface area contributed by atoms with Crippen LogP contribution in [0.25, 0.3) is 5.69 Å². The highest BCUT2D eigenvalue weighted by Gasteiger charge is 2.55. The standard InChI is InChI=1S/C21H27ClN6O2/c1-21(2,3)7-6-19(29)28-17-9-13(17)10-18(28)20(30)23-11-14-8-15(22)4-5-16(14)27-12-24-25-26-27/h4-5,8,12-13,17-18H,6-7,9-11H2,1-3H3,(H,23,30)/t13-,17-,18-/m0/s1. The summed E-state index contributed by atoms with van der Waals surface area (Å²) in [5, 5.41) is 14.8. The maximum Gasteiger partial charge on any atom is 0.243 e. The van der Waals surface area contributed by atoms with Gasteiger partial charge in [-0.15, -0.1) is 5.10 Å². The molecule has 2 heterocycles. The van der Waals surface area contributed by atoms with E-state index in [0.717, 1.165) is 30.5 Å². The van der Waals surface area contributed by atoms with E-state index in [0.29, 0.717) is 17.4 Å². The molecule has 0 bridgehead atoms. The third-order valence-electron chi connectivity index (χ3n) is 5.87. The molecule has 1 aromatic heterocycles. The number of rotatable bonds is 6. The molecule has 2 fully saturated rings. The van der Waals surface area contributed by atoms with Crippen molar-refractivity contribution < 1.29 is 9.59 Å². The minimum absolute atomic E-state index is 0.0900. The van der Waals surface area contributed by atoms with Gasteiger partial charge in [-0.3, -0.25) is 9.59 Å². The van der Waals surface area contributed by atoms with E-state index in [9.17, 15) is 9.59 Å². The molecule has 0 radical (unpaired) electrons. The molecule has 30 heavy (non-hydrogen) atoms. The molecule has 2 aromatic rings. The van der Waals surface area contributed by atoms with E-state index in [2.05, 4.69) is 41.6 Å². The number of hydrogen-bond donors (Lipinski definition) is 1. The van der Waals surface area contributed by atoms with Gasteiger partial charge < -0.3 is 10.2 Å². The topological polar surface area (TPSA) is 93.0 Å². The number of likely N-dealkylation sites (tertiary alicyclic amines) is 1. The first kappa shape index (κ1) is 20.8. The summed E-state index contributed by atoms with van der Waals surface area (Å²) in [5.41, 5.74) is 1.64. The number of tetrazole rings is 1. The highest BCUT2D eigenvalue weighted by molar-refractivity contribution is 6.30. The molecular formula is C21H27ClN6O2. The second-order valence-electron chi connectivity index (χ2n) is 9.42. The second-order valence-corrected chi connectivity index (χ2v) is 9.86. The fourth-order valence-electron chi connectivity index (χ4n) is 4.15. The molecule has 2 aliphatic rings. The lowest BCUT2D eigenvalue weighted by Crippen LogP contribution is -2.47. The van der Waals surface area contributed by atoms with E-state index >= 15 is 0 Å². The molecule has 2 amide bonds. The number of amides is 2. The van der Waals surface area contributed by atoms with Gasteiger partial charge in [-0.1, -0.05) is 32.4 Å². The van der Waals surface area contributed by atoms with Gasteiger partial charge in [-0.25, -0.2) is 4.68 Å². The number of carbonyl (C=O) groups excluding carboxylic acids is 2. The average Bonchev–Trinajstić information content (AvgIpc) is 3.09. The third-order valence-corrected chi connectivity index (χ3v) is 6.11. The van der Waals surface area contributed by atoms with Gasteiger partial charge >= 0.3 is 0 Å². The number of hydrogen-bond acceptors (Lipinski definition) is 5. The summed E-state index contributed by atoms with van der Waals surface area (Å²) in [4.78, 5) is 27.7. The van der Waals surface area contributed by atoms with Crippen LogP contribution >= 0.6 is 11.6 Å². The normalized spacial score (nSPS) is 22.7. The van der Waals surface area contributed by atoms with Crippen molar-refractivity contribution in [1.82, 2.24) is 30.4 Å². The number of carbonyl (C=O) groups is 2. The monoisotopic (exact) mass is 430 g/mol. The number of aromatic nitrogens is 4. The summed E-state index contributed by atoms with van der Waals surface area (Å²) < 4.78 is 1.53. The highest BCUT2D eigenvalue weighted by atomic mass is 35.5. The summed E-state index contributed by atoms with van der Waals surface area (Å²) in [5.74, 6) is 0.434. The Morgan fingerprint density at radius 1 is 1.27 bits per heavy atom. The van der Waals surface area contributed by atoms with Crippen LogP contribution < -0.4 is 5.32 Å². The number of halogens is 1. The summed E-state index contributed by atoms with van der Waals surface area (Å²) in [6.07, 6.45) is 4.55. The van der Waals surface area contributed by atoms with Gasteiger partial charge in [0.1, 0.15) is 12.4 Å². The van der Waals surface area contributed by atoms with Gasteiger partial charge in [0.15, 0.2) is 0 Å². The van der Waals surface area contributed by atoms with E-state index in [1.54, 1.807) is 12.1 Å². The van der Waals surface area contributed by atoms with E-state index < -0.39 is 6.04 Å². The predicted octanol–water partition coefficient (Wildman–Crippen LogP) is 2.75. The van der Waals surface area contributed by atoms with Crippen molar-refractivity contribution in [2.24, 2.45) is 11.3 Å². The third kappa shape index (κ3) is 4.48. The van der Waals surface area contributed by atoms with Crippen LogP contribution in [0.1, 0.15) is 52.0 Å². The molecule has 0 unspecified atom stereocenters. The zero-order valence-electron chi connectivity index (χ0n) is 17.5. The lowest BCUT2D eigenvalue weighted by atomic mass is 9.90. The molecule has 1 N–H and O–H groups in total. The van der Waals surface area contributed by atoms with Crippen LogP contribution in [0.4, 0.5) is 0 Å². The SMILES string of the molecule is CC(C)(C)CCC(=O)N1[C@H](C(=O)NCc2cc(Cl)ccc2-n2cnnn2)C[C@@H]2C[C@@H]21. The first-order chi connectivity index (χ1) is 14.2. The molecular weight excluding hydrogens is 404 g/mol. The zero-order valence-corrected chi connectivity index (χ0v) is 18.3. The number of nitrogens with zero attached hydrogens (tertiary/aromatic N) is 5. The quantitative estimate of drug-likeness (QED) is 0.760. The van der Waals surface area contributed by atoms with Crippen LogP contribution in [-0.4, -0.2) is 49.0 Å². The molecule has 1 saturated carbocycles. The van der Waals surface area contributed by atoms with E-state index in [1.165, 1.54) is 11.0 Å². The van der Waals surface area contributed by atoms with Gasteiger partial charge in [0, 0.05) is 24.0 Å². The van der Waals surface area contributed by atoms with Crippen LogP contribution in [0, 0.1) is 11.3 Å². The van der Waals surface area contributed by atoms with Crippen molar-refractivity contribution in [2.75, 3.05) is 0 Å². The Balaban J connectivity index is 1.43. The molecule has 3 atom stereocenters. The fraction of sp³-hybridized carbons (Fsp3) is 0.571. The minimum Gasteiger partial charge on any atom is -0.350 e. The van der Waals surface area contributed by atoms with E-state index in [4.69, 9.17) is 11.6 Å². The van der Waals surface area contributed by atoms with Crippen LogP contribution in [0.2, 0.25) is 5.02 Å². The van der Waals surface area contributed by atoms with Crippen LogP contribution in [0.5, 0.6) is 0 Å². The lowest BCUT2D eigenvalue weighted by molar-refractivity contribution is -0.140. The molecule has 160 valence electrons. The first-order valence-corrected chi connectivity index (χ1v) is 10.7. The summed E-state index contributed by atoms with van der Waals surface area (Å²) >= 11 is 6.16. The molecule has 1 saturated heterocycles. The van der Waals surface area contributed by atoms with Gasteiger partial charge in [-0.05, 0) is 64.8 Å². The smallest absolute Gasteiger partial charge is 0.243 e. The van der Waals surface area contributed by atoms with Gasteiger partial charge in [0.05, 0.1) is 5.69 Å². The zero-order chi connectivity index (χ0) is 21.5.